The van der Waals surface area contributed by atoms with Gasteiger partial charge in [-0.15, -0.1) is 0 Å². The van der Waals surface area contributed by atoms with E-state index in [1.54, 1.807) is 6.08 Å². The van der Waals surface area contributed by atoms with Gasteiger partial charge in [0.25, 0.3) is 0 Å². The lowest BCUT2D eigenvalue weighted by Gasteiger charge is -2.40. The van der Waals surface area contributed by atoms with E-state index in [2.05, 4.69) is 49.1 Å². The van der Waals surface area contributed by atoms with E-state index in [4.69, 9.17) is 4.74 Å². The van der Waals surface area contributed by atoms with Crippen LogP contribution < -0.4 is 0 Å². The van der Waals surface area contributed by atoms with E-state index in [1.165, 1.54) is 29.5 Å². The van der Waals surface area contributed by atoms with Crippen molar-refractivity contribution in [2.75, 3.05) is 6.54 Å². The van der Waals surface area contributed by atoms with Gasteiger partial charge in [-0.1, -0.05) is 42.3 Å². The quantitative estimate of drug-likeness (QED) is 0.744. The number of carbonyl (C=O) groups is 1. The predicted molar refractivity (Wildman–Crippen MR) is 90.9 cm³/mol. The van der Waals surface area contributed by atoms with Gasteiger partial charge in [-0.3, -0.25) is 4.90 Å². The maximum absolute atomic E-state index is 12.0. The van der Waals surface area contributed by atoms with Gasteiger partial charge in [-0.2, -0.15) is 0 Å². The molecular weight excluding hydrogens is 286 g/mol. The Hall–Kier alpha value is -1.87. The summed E-state index contributed by atoms with van der Waals surface area (Å²) in [4.78, 5) is 14.5. The first-order valence-electron chi connectivity index (χ1n) is 8.60. The highest BCUT2D eigenvalue weighted by molar-refractivity contribution is 5.95. The van der Waals surface area contributed by atoms with Crippen LogP contribution in [0.2, 0.25) is 0 Å². The van der Waals surface area contributed by atoms with Crippen LogP contribution in [0, 0.1) is 6.92 Å². The van der Waals surface area contributed by atoms with Crippen LogP contribution in [-0.2, 0) is 9.53 Å². The number of rotatable bonds is 1. The molecule has 4 rings (SSSR count). The first-order chi connectivity index (χ1) is 11.1. The maximum Gasteiger partial charge on any atom is 0.331 e. The number of ether oxygens (including phenoxy) is 1. The zero-order valence-electron chi connectivity index (χ0n) is 13.8. The van der Waals surface area contributed by atoms with E-state index in [0.29, 0.717) is 12.1 Å². The van der Waals surface area contributed by atoms with Crippen LogP contribution in [0.5, 0.6) is 0 Å². The Morgan fingerprint density at radius 3 is 2.74 bits per heavy atom. The molecule has 3 aliphatic rings. The van der Waals surface area contributed by atoms with Gasteiger partial charge < -0.3 is 4.74 Å². The van der Waals surface area contributed by atoms with Crippen molar-refractivity contribution in [3.63, 3.8) is 0 Å². The summed E-state index contributed by atoms with van der Waals surface area (Å²) in [6.45, 7) is 5.44. The number of esters is 1. The standard InChI is InChI=1S/C20H23NO2/c1-13-6-8-15(9-7-13)16-11-14(2)21-10-4-3-5-18(21)20-17(16)12-19(22)23-20/h6-9,11-12,14,18,20H,3-5,10H2,1-2H3/t14-,18?,20?/m0/s1. The SMILES string of the molecule is Cc1ccc(C2=C[C@H](C)N3CCCCC3C3OC(=O)C=C23)cc1. The fourth-order valence-corrected chi connectivity index (χ4v) is 4.19. The third-order valence-corrected chi connectivity index (χ3v) is 5.37. The summed E-state index contributed by atoms with van der Waals surface area (Å²) in [5.74, 6) is -0.192. The Morgan fingerprint density at radius 2 is 1.96 bits per heavy atom. The summed E-state index contributed by atoms with van der Waals surface area (Å²) >= 11 is 0. The van der Waals surface area contributed by atoms with E-state index in [0.717, 1.165) is 18.5 Å². The summed E-state index contributed by atoms with van der Waals surface area (Å²) in [5.41, 5.74) is 4.66. The van der Waals surface area contributed by atoms with Crippen LogP contribution in [0.1, 0.15) is 37.3 Å². The number of benzene rings is 1. The van der Waals surface area contributed by atoms with Crippen molar-refractivity contribution >= 4 is 11.5 Å². The van der Waals surface area contributed by atoms with Gasteiger partial charge in [0.15, 0.2) is 0 Å². The molecule has 0 bridgehead atoms. The Labute approximate surface area is 137 Å². The van der Waals surface area contributed by atoms with Crippen molar-refractivity contribution in [1.82, 2.24) is 4.90 Å². The van der Waals surface area contributed by atoms with E-state index in [9.17, 15) is 4.79 Å². The number of fused-ring (bicyclic) bond motifs is 3. The van der Waals surface area contributed by atoms with Crippen molar-refractivity contribution in [2.24, 2.45) is 0 Å². The molecule has 3 aliphatic heterocycles. The molecule has 3 heteroatoms. The first kappa shape index (κ1) is 14.7. The molecule has 1 saturated heterocycles. The lowest BCUT2D eigenvalue weighted by Crippen LogP contribution is -2.49. The molecule has 0 aliphatic carbocycles. The van der Waals surface area contributed by atoms with Crippen LogP contribution >= 0.6 is 0 Å². The van der Waals surface area contributed by atoms with Crippen molar-refractivity contribution in [3.8, 4) is 0 Å². The zero-order valence-corrected chi connectivity index (χ0v) is 13.8. The molecule has 3 heterocycles. The molecule has 0 spiro atoms. The molecule has 0 radical (unpaired) electrons. The minimum absolute atomic E-state index is 0.111. The lowest BCUT2D eigenvalue weighted by atomic mass is 9.89. The smallest absolute Gasteiger partial charge is 0.331 e. The highest BCUT2D eigenvalue weighted by Gasteiger charge is 2.42. The van der Waals surface area contributed by atoms with Gasteiger partial charge in [0.05, 0.1) is 6.04 Å². The molecule has 1 fully saturated rings. The second kappa shape index (κ2) is 5.64. The molecule has 120 valence electrons. The first-order valence-corrected chi connectivity index (χ1v) is 8.60. The van der Waals surface area contributed by atoms with E-state index < -0.39 is 0 Å². The Kier molecular flexibility index (Phi) is 3.61. The minimum Gasteiger partial charge on any atom is -0.453 e. The van der Waals surface area contributed by atoms with Gasteiger partial charge in [0, 0.05) is 17.7 Å². The third-order valence-electron chi connectivity index (χ3n) is 5.37. The number of hydrogen-bond donors (Lipinski definition) is 0. The Bertz CT molecular complexity index is 686. The fourth-order valence-electron chi connectivity index (χ4n) is 4.19. The minimum atomic E-state index is -0.192. The van der Waals surface area contributed by atoms with Crippen LogP contribution in [0.15, 0.2) is 42.0 Å². The fraction of sp³-hybridized carbons (Fsp3) is 0.450. The van der Waals surface area contributed by atoms with Gasteiger partial charge >= 0.3 is 5.97 Å². The molecular formula is C20H23NO2. The van der Waals surface area contributed by atoms with Crippen molar-refractivity contribution in [2.45, 2.75) is 51.3 Å². The number of piperidine rings is 1. The number of carbonyl (C=O) groups excluding carboxylic acids is 1. The van der Waals surface area contributed by atoms with Crippen molar-refractivity contribution in [1.29, 1.82) is 0 Å². The second-order valence-corrected chi connectivity index (χ2v) is 6.95. The van der Waals surface area contributed by atoms with E-state index >= 15 is 0 Å². The molecule has 23 heavy (non-hydrogen) atoms. The van der Waals surface area contributed by atoms with Crippen LogP contribution in [0.25, 0.3) is 5.57 Å². The van der Waals surface area contributed by atoms with Crippen molar-refractivity contribution < 1.29 is 9.53 Å². The van der Waals surface area contributed by atoms with E-state index in [-0.39, 0.29) is 12.1 Å². The van der Waals surface area contributed by atoms with Gasteiger partial charge in [-0.25, -0.2) is 4.79 Å². The molecule has 0 aromatic heterocycles. The lowest BCUT2D eigenvalue weighted by molar-refractivity contribution is -0.142. The Morgan fingerprint density at radius 1 is 1.17 bits per heavy atom. The number of aryl methyl sites for hydroxylation is 1. The summed E-state index contributed by atoms with van der Waals surface area (Å²) in [6.07, 6.45) is 7.47. The summed E-state index contributed by atoms with van der Waals surface area (Å²) in [6, 6.07) is 9.24. The average Bonchev–Trinajstić information content (AvgIpc) is 2.90. The average molecular weight is 309 g/mol. The number of hydrogen-bond acceptors (Lipinski definition) is 3. The highest BCUT2D eigenvalue weighted by atomic mass is 16.5. The van der Waals surface area contributed by atoms with Gasteiger partial charge in [-0.05, 0) is 44.4 Å². The summed E-state index contributed by atoms with van der Waals surface area (Å²) in [7, 11) is 0. The molecule has 0 amide bonds. The summed E-state index contributed by atoms with van der Waals surface area (Å²) in [5, 5.41) is 0. The van der Waals surface area contributed by atoms with Crippen LogP contribution in [0.4, 0.5) is 0 Å². The molecule has 3 nitrogen and oxygen atoms in total. The Balaban J connectivity index is 1.81. The van der Waals surface area contributed by atoms with Crippen molar-refractivity contribution in [3.05, 3.63) is 53.1 Å². The van der Waals surface area contributed by atoms with Crippen LogP contribution in [0.3, 0.4) is 0 Å². The normalized spacial score (nSPS) is 30.7. The van der Waals surface area contributed by atoms with Crippen LogP contribution in [-0.4, -0.2) is 35.6 Å². The molecule has 3 atom stereocenters. The summed E-state index contributed by atoms with van der Waals surface area (Å²) < 4.78 is 5.72. The molecule has 1 aromatic carbocycles. The molecule has 1 aromatic rings. The monoisotopic (exact) mass is 309 g/mol. The predicted octanol–water partition coefficient (Wildman–Crippen LogP) is 3.49. The van der Waals surface area contributed by atoms with E-state index in [1.807, 2.05) is 0 Å². The largest absolute Gasteiger partial charge is 0.453 e. The topological polar surface area (TPSA) is 29.5 Å². The molecule has 0 N–H and O–H groups in total. The second-order valence-electron chi connectivity index (χ2n) is 6.95. The molecule has 0 saturated carbocycles. The third kappa shape index (κ3) is 2.53. The van der Waals surface area contributed by atoms with Gasteiger partial charge in [0.2, 0.25) is 0 Å². The van der Waals surface area contributed by atoms with Gasteiger partial charge in [0.1, 0.15) is 6.10 Å². The molecule has 2 unspecified atom stereocenters. The number of nitrogens with zero attached hydrogens (tertiary/aromatic N) is 1. The highest BCUT2D eigenvalue weighted by Crippen LogP contribution is 2.40. The zero-order chi connectivity index (χ0) is 16.0. The maximum atomic E-state index is 12.0.